The second-order valence-electron chi connectivity index (χ2n) is 3.89. The first-order valence-corrected chi connectivity index (χ1v) is 5.67. The number of benzene rings is 1. The molecule has 0 heterocycles. The van der Waals surface area contributed by atoms with Crippen LogP contribution in [-0.2, 0) is 4.74 Å². The van der Waals surface area contributed by atoms with Crippen molar-refractivity contribution in [1.82, 2.24) is 0 Å². The van der Waals surface area contributed by atoms with Gasteiger partial charge >= 0.3 is 6.18 Å². The van der Waals surface area contributed by atoms with E-state index in [4.69, 9.17) is 5.73 Å². The van der Waals surface area contributed by atoms with Crippen molar-refractivity contribution >= 4 is 11.6 Å². The van der Waals surface area contributed by atoms with Gasteiger partial charge in [0.05, 0.1) is 0 Å². The molecule has 4 nitrogen and oxygen atoms in total. The van der Waals surface area contributed by atoms with E-state index in [0.29, 0.717) is 24.2 Å². The first-order chi connectivity index (χ1) is 8.88. The Hall–Kier alpha value is -1.76. The molecule has 0 saturated heterocycles. The van der Waals surface area contributed by atoms with Crippen LogP contribution < -0.4 is 11.1 Å². The smallest absolute Gasteiger partial charge is 0.385 e. The standard InChI is InChI=1S/C12H15F3N2O2/c13-12(14,15)8-19-6-2-5-17-10-4-1-3-9(7-10)11(16)18/h1,3-4,7,17H,2,5-6,8H2,(H2,16,18). The number of carbonyl (C=O) groups excluding carboxylic acids is 1. The van der Waals surface area contributed by atoms with E-state index in [9.17, 15) is 18.0 Å². The van der Waals surface area contributed by atoms with Crippen molar-refractivity contribution in [2.45, 2.75) is 12.6 Å². The fraction of sp³-hybridized carbons (Fsp3) is 0.417. The van der Waals surface area contributed by atoms with Crippen molar-refractivity contribution in [3.63, 3.8) is 0 Å². The highest BCUT2D eigenvalue weighted by Crippen LogP contribution is 2.14. The number of anilines is 1. The average Bonchev–Trinajstić information content (AvgIpc) is 2.32. The number of amides is 1. The van der Waals surface area contributed by atoms with Gasteiger partial charge in [-0.05, 0) is 24.6 Å². The molecule has 0 aromatic heterocycles. The molecule has 106 valence electrons. The fourth-order valence-corrected chi connectivity index (χ4v) is 1.38. The highest BCUT2D eigenvalue weighted by molar-refractivity contribution is 5.93. The average molecular weight is 276 g/mol. The van der Waals surface area contributed by atoms with Gasteiger partial charge in [0.2, 0.25) is 5.91 Å². The van der Waals surface area contributed by atoms with Crippen LogP contribution in [0.3, 0.4) is 0 Å². The fourth-order valence-electron chi connectivity index (χ4n) is 1.38. The van der Waals surface area contributed by atoms with Gasteiger partial charge in [0.1, 0.15) is 6.61 Å². The Balaban J connectivity index is 2.23. The monoisotopic (exact) mass is 276 g/mol. The Bertz CT molecular complexity index is 422. The lowest BCUT2D eigenvalue weighted by molar-refractivity contribution is -0.173. The van der Waals surface area contributed by atoms with Gasteiger partial charge in [-0.25, -0.2) is 0 Å². The maximum Gasteiger partial charge on any atom is 0.411 e. The zero-order valence-corrected chi connectivity index (χ0v) is 10.2. The number of halogens is 3. The van der Waals surface area contributed by atoms with Gasteiger partial charge in [-0.15, -0.1) is 0 Å². The summed E-state index contributed by atoms with van der Waals surface area (Å²) in [6.07, 6.45) is -3.86. The topological polar surface area (TPSA) is 64.4 Å². The second-order valence-corrected chi connectivity index (χ2v) is 3.89. The molecule has 0 aliphatic rings. The molecular formula is C12H15F3N2O2. The van der Waals surface area contributed by atoms with Gasteiger partial charge in [0.25, 0.3) is 0 Å². The number of primary amides is 1. The van der Waals surface area contributed by atoms with E-state index in [1.165, 1.54) is 0 Å². The van der Waals surface area contributed by atoms with Crippen LogP contribution in [0.1, 0.15) is 16.8 Å². The van der Waals surface area contributed by atoms with Crippen LogP contribution in [0.15, 0.2) is 24.3 Å². The molecule has 0 aliphatic heterocycles. The van der Waals surface area contributed by atoms with Gasteiger partial charge in [-0.3, -0.25) is 4.79 Å². The minimum absolute atomic E-state index is 0.0159. The van der Waals surface area contributed by atoms with Crippen LogP contribution >= 0.6 is 0 Å². The number of alkyl halides is 3. The van der Waals surface area contributed by atoms with Crippen molar-refractivity contribution in [1.29, 1.82) is 0 Å². The van der Waals surface area contributed by atoms with Gasteiger partial charge in [0.15, 0.2) is 0 Å². The Labute approximate surface area is 108 Å². The molecule has 19 heavy (non-hydrogen) atoms. The normalized spacial score (nSPS) is 11.3. The number of rotatable bonds is 7. The molecule has 1 amide bonds. The second kappa shape index (κ2) is 6.98. The number of hydrogen-bond donors (Lipinski definition) is 2. The van der Waals surface area contributed by atoms with Crippen LogP contribution in [0.25, 0.3) is 0 Å². The predicted octanol–water partition coefficient (Wildman–Crippen LogP) is 2.17. The molecular weight excluding hydrogens is 261 g/mol. The van der Waals surface area contributed by atoms with Crippen molar-refractivity contribution in [2.75, 3.05) is 25.1 Å². The van der Waals surface area contributed by atoms with Crippen LogP contribution in [0.2, 0.25) is 0 Å². The van der Waals surface area contributed by atoms with E-state index in [1.807, 2.05) is 0 Å². The third-order valence-electron chi connectivity index (χ3n) is 2.21. The summed E-state index contributed by atoms with van der Waals surface area (Å²) in [6.45, 7) is -0.772. The summed E-state index contributed by atoms with van der Waals surface area (Å²) >= 11 is 0. The van der Waals surface area contributed by atoms with Gasteiger partial charge in [0, 0.05) is 24.4 Å². The lowest BCUT2D eigenvalue weighted by Crippen LogP contribution is -2.18. The number of carbonyl (C=O) groups is 1. The maximum absolute atomic E-state index is 11.8. The summed E-state index contributed by atoms with van der Waals surface area (Å²) in [4.78, 5) is 10.9. The van der Waals surface area contributed by atoms with Crippen molar-refractivity contribution < 1.29 is 22.7 Å². The number of nitrogens with one attached hydrogen (secondary N) is 1. The molecule has 0 aliphatic carbocycles. The summed E-state index contributed by atoms with van der Waals surface area (Å²) in [6, 6.07) is 6.57. The minimum Gasteiger partial charge on any atom is -0.385 e. The Morgan fingerprint density at radius 3 is 2.74 bits per heavy atom. The summed E-state index contributed by atoms with van der Waals surface area (Å²) in [7, 11) is 0. The van der Waals surface area contributed by atoms with E-state index in [2.05, 4.69) is 10.1 Å². The molecule has 0 unspecified atom stereocenters. The molecule has 1 rings (SSSR count). The maximum atomic E-state index is 11.8. The quantitative estimate of drug-likeness (QED) is 0.750. The molecule has 7 heteroatoms. The van der Waals surface area contributed by atoms with Crippen LogP contribution in [0.4, 0.5) is 18.9 Å². The Morgan fingerprint density at radius 2 is 2.11 bits per heavy atom. The predicted molar refractivity (Wildman–Crippen MR) is 64.9 cm³/mol. The Morgan fingerprint density at radius 1 is 1.37 bits per heavy atom. The van der Waals surface area contributed by atoms with Gasteiger partial charge in [-0.1, -0.05) is 6.07 Å². The lowest BCUT2D eigenvalue weighted by atomic mass is 10.2. The zero-order chi connectivity index (χ0) is 14.3. The van der Waals surface area contributed by atoms with E-state index in [0.717, 1.165) is 0 Å². The van der Waals surface area contributed by atoms with Gasteiger partial charge < -0.3 is 15.8 Å². The van der Waals surface area contributed by atoms with E-state index in [1.54, 1.807) is 24.3 Å². The number of ether oxygens (including phenoxy) is 1. The summed E-state index contributed by atoms with van der Waals surface area (Å²) in [5.41, 5.74) is 6.19. The van der Waals surface area contributed by atoms with Crippen molar-refractivity contribution in [3.05, 3.63) is 29.8 Å². The largest absolute Gasteiger partial charge is 0.411 e. The minimum atomic E-state index is -4.29. The highest BCUT2D eigenvalue weighted by atomic mass is 19.4. The lowest BCUT2D eigenvalue weighted by Gasteiger charge is -2.09. The zero-order valence-electron chi connectivity index (χ0n) is 10.2. The van der Waals surface area contributed by atoms with E-state index >= 15 is 0 Å². The molecule has 0 bridgehead atoms. The molecule has 1 aromatic rings. The molecule has 0 saturated carbocycles. The molecule has 0 spiro atoms. The first kappa shape index (κ1) is 15.3. The molecule has 3 N–H and O–H groups in total. The number of hydrogen-bond acceptors (Lipinski definition) is 3. The van der Waals surface area contributed by atoms with Crippen LogP contribution in [0, 0.1) is 0 Å². The van der Waals surface area contributed by atoms with Crippen molar-refractivity contribution in [3.8, 4) is 0 Å². The number of nitrogens with two attached hydrogens (primary N) is 1. The summed E-state index contributed by atoms with van der Waals surface area (Å²) < 4.78 is 39.8. The summed E-state index contributed by atoms with van der Waals surface area (Å²) in [5, 5.41) is 2.97. The SMILES string of the molecule is NC(=O)c1cccc(NCCCOCC(F)(F)F)c1. The molecule has 0 fully saturated rings. The molecule has 0 radical (unpaired) electrons. The van der Waals surface area contributed by atoms with Crippen LogP contribution in [0.5, 0.6) is 0 Å². The first-order valence-electron chi connectivity index (χ1n) is 5.67. The Kier molecular flexibility index (Phi) is 5.62. The van der Waals surface area contributed by atoms with E-state index < -0.39 is 18.7 Å². The van der Waals surface area contributed by atoms with Crippen molar-refractivity contribution in [2.24, 2.45) is 5.73 Å². The molecule has 0 atom stereocenters. The third kappa shape index (κ3) is 6.66. The van der Waals surface area contributed by atoms with Gasteiger partial charge in [-0.2, -0.15) is 13.2 Å². The molecule has 1 aromatic carbocycles. The van der Waals surface area contributed by atoms with Crippen LogP contribution in [-0.4, -0.2) is 31.8 Å². The summed E-state index contributed by atoms with van der Waals surface area (Å²) in [5.74, 6) is -0.530. The highest BCUT2D eigenvalue weighted by Gasteiger charge is 2.27. The third-order valence-corrected chi connectivity index (χ3v) is 2.21. The van der Waals surface area contributed by atoms with E-state index in [-0.39, 0.29) is 6.61 Å².